The van der Waals surface area contributed by atoms with Gasteiger partial charge in [-0.2, -0.15) is 0 Å². The van der Waals surface area contributed by atoms with E-state index in [1.165, 1.54) is 13.2 Å². The maximum absolute atomic E-state index is 12.9. The number of benzene rings is 2. The summed E-state index contributed by atoms with van der Waals surface area (Å²) in [5.41, 5.74) is 1.13. The van der Waals surface area contributed by atoms with Crippen molar-refractivity contribution < 1.29 is 17.9 Å². The molecule has 0 bridgehead atoms. The van der Waals surface area contributed by atoms with Crippen LogP contribution in [0.25, 0.3) is 11.4 Å². The van der Waals surface area contributed by atoms with Crippen LogP contribution >= 0.6 is 0 Å². The fourth-order valence-corrected chi connectivity index (χ4v) is 3.78. The molecule has 3 aromatic rings. The average Bonchev–Trinajstić information content (AvgIpc) is 2.72. The maximum Gasteiger partial charge on any atom is 0.241 e. The van der Waals surface area contributed by atoms with Gasteiger partial charge in [-0.25, -0.2) is 23.1 Å². The highest BCUT2D eigenvalue weighted by atomic mass is 32.2. The Morgan fingerprint density at radius 1 is 0.963 bits per heavy atom. The average molecular weight is 385 g/mol. The molecule has 7 nitrogen and oxygen atoms in total. The van der Waals surface area contributed by atoms with Gasteiger partial charge in [-0.05, 0) is 24.3 Å². The van der Waals surface area contributed by atoms with Crippen LogP contribution in [0.15, 0.2) is 65.8 Å². The molecule has 0 saturated heterocycles. The van der Waals surface area contributed by atoms with Gasteiger partial charge in [0.15, 0.2) is 5.82 Å². The number of hydrogen-bond donors (Lipinski definition) is 1. The minimum Gasteiger partial charge on any atom is -0.497 e. The van der Waals surface area contributed by atoms with Gasteiger partial charge in [0.1, 0.15) is 11.5 Å². The highest BCUT2D eigenvalue weighted by Gasteiger charge is 2.20. The Morgan fingerprint density at radius 3 is 2.41 bits per heavy atom. The first kappa shape index (κ1) is 18.8. The van der Waals surface area contributed by atoms with Crippen LogP contribution in [0.2, 0.25) is 0 Å². The van der Waals surface area contributed by atoms with E-state index in [2.05, 4.69) is 14.7 Å². The second-order valence-electron chi connectivity index (χ2n) is 5.57. The first-order chi connectivity index (χ1) is 13.0. The van der Waals surface area contributed by atoms with Gasteiger partial charge < -0.3 is 9.47 Å². The molecule has 0 aliphatic carbocycles. The number of nitrogens with one attached hydrogen (secondary N) is 1. The van der Waals surface area contributed by atoms with E-state index >= 15 is 0 Å². The number of ether oxygens (including phenoxy) is 2. The molecular formula is C19H19N3O4S. The van der Waals surface area contributed by atoms with Gasteiger partial charge in [0, 0.05) is 36.1 Å². The van der Waals surface area contributed by atoms with Crippen LogP contribution in [0.1, 0.15) is 5.56 Å². The molecule has 0 radical (unpaired) electrons. The highest BCUT2D eigenvalue weighted by molar-refractivity contribution is 7.89. The maximum atomic E-state index is 12.9. The van der Waals surface area contributed by atoms with Gasteiger partial charge in [0.05, 0.1) is 19.1 Å². The monoisotopic (exact) mass is 385 g/mol. The van der Waals surface area contributed by atoms with Gasteiger partial charge in [-0.15, -0.1) is 0 Å². The SMILES string of the molecule is COc1ccc(CNS(=O)(=O)c2ccccc2-c2ncccn2)c(OC)c1. The number of sulfonamides is 1. The molecule has 1 aromatic heterocycles. The number of methoxy groups -OCH3 is 2. The zero-order valence-electron chi connectivity index (χ0n) is 14.9. The van der Waals surface area contributed by atoms with Gasteiger partial charge in [0.25, 0.3) is 0 Å². The lowest BCUT2D eigenvalue weighted by Gasteiger charge is -2.13. The molecule has 1 N–H and O–H groups in total. The van der Waals surface area contributed by atoms with Gasteiger partial charge >= 0.3 is 0 Å². The van der Waals surface area contributed by atoms with E-state index in [9.17, 15) is 8.42 Å². The summed E-state index contributed by atoms with van der Waals surface area (Å²) in [6.45, 7) is 0.0689. The van der Waals surface area contributed by atoms with Crippen molar-refractivity contribution in [2.24, 2.45) is 0 Å². The van der Waals surface area contributed by atoms with Crippen molar-refractivity contribution in [2.75, 3.05) is 14.2 Å². The third-order valence-electron chi connectivity index (χ3n) is 3.93. The zero-order chi connectivity index (χ0) is 19.3. The molecule has 0 aliphatic heterocycles. The highest BCUT2D eigenvalue weighted by Crippen LogP contribution is 2.27. The fraction of sp³-hybridized carbons (Fsp3) is 0.158. The standard InChI is InChI=1S/C19H19N3O4S/c1-25-15-9-8-14(17(12-15)26-2)13-22-27(23,24)18-7-4-3-6-16(18)19-20-10-5-11-21-19/h3-12,22H,13H2,1-2H3. The number of aromatic nitrogens is 2. The van der Waals surface area contributed by atoms with E-state index in [0.717, 1.165) is 0 Å². The Labute approximate surface area is 158 Å². The molecule has 140 valence electrons. The largest absolute Gasteiger partial charge is 0.497 e. The lowest BCUT2D eigenvalue weighted by Crippen LogP contribution is -2.24. The predicted octanol–water partition coefficient (Wildman–Crippen LogP) is 2.64. The summed E-state index contributed by atoms with van der Waals surface area (Å²) in [6.07, 6.45) is 3.14. The van der Waals surface area contributed by atoms with E-state index in [4.69, 9.17) is 9.47 Å². The van der Waals surface area contributed by atoms with Crippen LogP contribution in [0.4, 0.5) is 0 Å². The van der Waals surface area contributed by atoms with Crippen molar-refractivity contribution in [2.45, 2.75) is 11.4 Å². The van der Waals surface area contributed by atoms with Crippen LogP contribution in [0.3, 0.4) is 0 Å². The number of rotatable bonds is 7. The summed E-state index contributed by atoms with van der Waals surface area (Å²) in [5.74, 6) is 1.52. The van der Waals surface area contributed by atoms with Crippen LogP contribution in [0, 0.1) is 0 Å². The van der Waals surface area contributed by atoms with Crippen molar-refractivity contribution in [3.05, 3.63) is 66.5 Å². The van der Waals surface area contributed by atoms with Crippen molar-refractivity contribution in [3.8, 4) is 22.9 Å². The normalized spacial score (nSPS) is 11.2. The Hall–Kier alpha value is -2.97. The number of nitrogens with zero attached hydrogens (tertiary/aromatic N) is 2. The summed E-state index contributed by atoms with van der Waals surface area (Å²) in [4.78, 5) is 8.42. The molecule has 2 aromatic carbocycles. The van der Waals surface area contributed by atoms with Crippen LogP contribution in [-0.4, -0.2) is 32.6 Å². The summed E-state index contributed by atoms with van der Waals surface area (Å²) < 4.78 is 38.9. The lowest BCUT2D eigenvalue weighted by molar-refractivity contribution is 0.390. The minimum atomic E-state index is -3.79. The summed E-state index contributed by atoms with van der Waals surface area (Å²) >= 11 is 0. The molecule has 0 unspecified atom stereocenters. The van der Waals surface area contributed by atoms with Gasteiger partial charge in [-0.1, -0.05) is 18.2 Å². The Bertz CT molecular complexity index is 1020. The molecule has 0 atom stereocenters. The van der Waals surface area contributed by atoms with Crippen LogP contribution in [-0.2, 0) is 16.6 Å². The summed E-state index contributed by atoms with van der Waals surface area (Å²) in [6, 6.07) is 13.5. The minimum absolute atomic E-state index is 0.0689. The molecule has 0 aliphatic rings. The van der Waals surface area contributed by atoms with E-state index in [1.807, 2.05) is 0 Å². The van der Waals surface area contributed by atoms with Crippen molar-refractivity contribution in [1.29, 1.82) is 0 Å². The first-order valence-electron chi connectivity index (χ1n) is 8.12. The van der Waals surface area contributed by atoms with E-state index in [-0.39, 0.29) is 11.4 Å². The molecule has 0 saturated carbocycles. The number of hydrogen-bond acceptors (Lipinski definition) is 6. The van der Waals surface area contributed by atoms with Gasteiger partial charge in [0.2, 0.25) is 10.0 Å². The summed E-state index contributed by atoms with van der Waals surface area (Å²) in [7, 11) is -0.717. The predicted molar refractivity (Wildman–Crippen MR) is 101 cm³/mol. The van der Waals surface area contributed by atoms with Crippen LogP contribution < -0.4 is 14.2 Å². The first-order valence-corrected chi connectivity index (χ1v) is 9.60. The third-order valence-corrected chi connectivity index (χ3v) is 5.39. The van der Waals surface area contributed by atoms with E-state index < -0.39 is 10.0 Å². The molecule has 3 rings (SSSR count). The smallest absolute Gasteiger partial charge is 0.241 e. The van der Waals surface area contributed by atoms with Crippen molar-refractivity contribution in [1.82, 2.24) is 14.7 Å². The molecule has 0 amide bonds. The third kappa shape index (κ3) is 4.24. The Kier molecular flexibility index (Phi) is 5.68. The molecule has 1 heterocycles. The second kappa shape index (κ2) is 8.15. The molecule has 0 fully saturated rings. The van der Waals surface area contributed by atoms with E-state index in [0.29, 0.717) is 28.5 Å². The fourth-order valence-electron chi connectivity index (χ4n) is 2.57. The Balaban J connectivity index is 1.89. The van der Waals surface area contributed by atoms with Crippen LogP contribution in [0.5, 0.6) is 11.5 Å². The molecular weight excluding hydrogens is 366 g/mol. The topological polar surface area (TPSA) is 90.4 Å². The zero-order valence-corrected chi connectivity index (χ0v) is 15.7. The quantitative estimate of drug-likeness (QED) is 0.672. The Morgan fingerprint density at radius 2 is 1.70 bits per heavy atom. The second-order valence-corrected chi connectivity index (χ2v) is 7.31. The lowest BCUT2D eigenvalue weighted by atomic mass is 10.2. The van der Waals surface area contributed by atoms with Crippen molar-refractivity contribution in [3.63, 3.8) is 0 Å². The van der Waals surface area contributed by atoms with Gasteiger partial charge in [-0.3, -0.25) is 0 Å². The van der Waals surface area contributed by atoms with E-state index in [1.54, 1.807) is 62.0 Å². The molecule has 0 spiro atoms. The van der Waals surface area contributed by atoms with Crippen molar-refractivity contribution >= 4 is 10.0 Å². The summed E-state index contributed by atoms with van der Waals surface area (Å²) in [5, 5.41) is 0. The molecule has 27 heavy (non-hydrogen) atoms. The molecule has 8 heteroatoms.